The molecule has 4 aromatic carbocycles. The highest BCUT2D eigenvalue weighted by atomic mass is 35.5. The molecule has 8 nitrogen and oxygen atoms in total. The molecule has 6 rings (SSSR count). The Morgan fingerprint density at radius 3 is 2.39 bits per heavy atom. The molecule has 0 N–H and O–H groups in total. The van der Waals surface area contributed by atoms with Gasteiger partial charge in [0.25, 0.3) is 5.91 Å². The monoisotopic (exact) mass is 713 g/mol. The average molecular weight is 714 g/mol. The molecule has 51 heavy (non-hydrogen) atoms. The van der Waals surface area contributed by atoms with Gasteiger partial charge in [0.1, 0.15) is 23.9 Å². The van der Waals surface area contributed by atoms with Crippen molar-refractivity contribution in [3.63, 3.8) is 0 Å². The first kappa shape index (κ1) is 36.4. The lowest BCUT2D eigenvalue weighted by atomic mass is 9.84. The molecule has 2 unspecified atom stereocenters. The number of benzene rings is 4. The Hall–Kier alpha value is -4.44. The van der Waals surface area contributed by atoms with E-state index >= 15 is 0 Å². The standard InChI is InChI=1S/C41H45ClFN3O5/c1-49-38-17-11-30(12-18-38)26-40(47)46(37-9-3-6-33(42)27-37)36-8-2-5-31(25-36)29-45(41(48)32-13-15-34(43)16-14-32)35-7-4-10-39(28-35)51-24-21-44-19-22-50-23-20-44/h3-4,6-7,9-18,27-28,31,36H,2,5,8,19-26,29H2,1H3. The summed E-state index contributed by atoms with van der Waals surface area (Å²) in [5.74, 6) is 0.867. The van der Waals surface area contributed by atoms with E-state index in [1.165, 1.54) is 24.3 Å². The van der Waals surface area contributed by atoms with Crippen molar-refractivity contribution < 1.29 is 28.2 Å². The van der Waals surface area contributed by atoms with Crippen LogP contribution in [-0.2, 0) is 16.0 Å². The third kappa shape index (κ3) is 9.88. The number of hydrogen-bond donors (Lipinski definition) is 0. The molecule has 1 aliphatic carbocycles. The summed E-state index contributed by atoms with van der Waals surface area (Å²) in [6.45, 7) is 4.96. The molecule has 2 fully saturated rings. The van der Waals surface area contributed by atoms with E-state index in [4.69, 9.17) is 25.8 Å². The van der Waals surface area contributed by atoms with Crippen molar-refractivity contribution in [2.45, 2.75) is 38.1 Å². The molecule has 0 bridgehead atoms. The van der Waals surface area contributed by atoms with Crippen LogP contribution in [0.4, 0.5) is 15.8 Å². The molecule has 1 saturated carbocycles. The zero-order valence-corrected chi connectivity index (χ0v) is 29.8. The smallest absolute Gasteiger partial charge is 0.258 e. The van der Waals surface area contributed by atoms with E-state index in [2.05, 4.69) is 4.90 Å². The van der Waals surface area contributed by atoms with E-state index in [1.807, 2.05) is 71.6 Å². The van der Waals surface area contributed by atoms with Gasteiger partial charge in [-0.2, -0.15) is 0 Å². The van der Waals surface area contributed by atoms with Crippen LogP contribution in [0.2, 0.25) is 5.02 Å². The van der Waals surface area contributed by atoms with Crippen molar-refractivity contribution in [1.29, 1.82) is 0 Å². The van der Waals surface area contributed by atoms with Crippen LogP contribution in [0, 0.1) is 11.7 Å². The number of amides is 2. The molecule has 1 saturated heterocycles. The molecule has 2 atom stereocenters. The summed E-state index contributed by atoms with van der Waals surface area (Å²) in [6, 6.07) is 28.2. The van der Waals surface area contributed by atoms with E-state index in [9.17, 15) is 14.0 Å². The van der Waals surface area contributed by atoms with Gasteiger partial charge in [-0.1, -0.05) is 42.3 Å². The predicted molar refractivity (Wildman–Crippen MR) is 199 cm³/mol. The fourth-order valence-corrected chi connectivity index (χ4v) is 7.21. The van der Waals surface area contributed by atoms with Crippen LogP contribution in [0.1, 0.15) is 41.6 Å². The lowest BCUT2D eigenvalue weighted by molar-refractivity contribution is -0.118. The van der Waals surface area contributed by atoms with E-state index in [-0.39, 0.29) is 30.2 Å². The molecule has 10 heteroatoms. The molecule has 4 aromatic rings. The summed E-state index contributed by atoms with van der Waals surface area (Å²) < 4.78 is 30.8. The predicted octanol–water partition coefficient (Wildman–Crippen LogP) is 7.68. The van der Waals surface area contributed by atoms with E-state index in [0.717, 1.165) is 69.1 Å². The third-order valence-corrected chi connectivity index (χ3v) is 9.91. The highest BCUT2D eigenvalue weighted by molar-refractivity contribution is 6.31. The number of hydrogen-bond acceptors (Lipinski definition) is 6. The minimum absolute atomic E-state index is 0.0192. The normalized spacial score (nSPS) is 17.8. The molecular formula is C41H45ClFN3O5. The second kappa shape index (κ2) is 17.7. The Morgan fingerprint density at radius 1 is 0.902 bits per heavy atom. The zero-order valence-electron chi connectivity index (χ0n) is 29.0. The summed E-state index contributed by atoms with van der Waals surface area (Å²) in [5, 5.41) is 0.560. The van der Waals surface area contributed by atoms with Crippen LogP contribution in [0.5, 0.6) is 11.5 Å². The van der Waals surface area contributed by atoms with Crippen LogP contribution in [-0.4, -0.2) is 75.9 Å². The molecule has 0 radical (unpaired) electrons. The first-order chi connectivity index (χ1) is 24.9. The molecule has 1 aliphatic heterocycles. The SMILES string of the molecule is COc1ccc(CC(=O)N(c2cccc(Cl)c2)C2CCCC(CN(C(=O)c3ccc(F)cc3)c3cccc(OCCN4CCOCC4)c3)C2)cc1. The largest absolute Gasteiger partial charge is 0.497 e. The van der Waals surface area contributed by atoms with Crippen LogP contribution in [0.3, 0.4) is 0 Å². The van der Waals surface area contributed by atoms with Crippen molar-refractivity contribution in [2.75, 3.05) is 62.9 Å². The Morgan fingerprint density at radius 2 is 1.65 bits per heavy atom. The maximum atomic E-state index is 14.1. The fourth-order valence-electron chi connectivity index (χ4n) is 7.02. The topological polar surface area (TPSA) is 71.5 Å². The summed E-state index contributed by atoms with van der Waals surface area (Å²) in [4.78, 5) is 34.2. The Labute approximate surface area is 304 Å². The van der Waals surface area contributed by atoms with Crippen LogP contribution >= 0.6 is 11.6 Å². The van der Waals surface area contributed by atoms with Gasteiger partial charge < -0.3 is 24.0 Å². The summed E-state index contributed by atoms with van der Waals surface area (Å²) in [5.41, 5.74) is 2.76. The first-order valence-electron chi connectivity index (χ1n) is 17.7. The van der Waals surface area contributed by atoms with Gasteiger partial charge in [-0.15, -0.1) is 0 Å². The number of ether oxygens (including phenoxy) is 3. The van der Waals surface area contributed by atoms with Crippen LogP contribution in [0.15, 0.2) is 97.1 Å². The van der Waals surface area contributed by atoms with Gasteiger partial charge in [0.05, 0.1) is 26.7 Å². The Kier molecular flexibility index (Phi) is 12.6. The Balaban J connectivity index is 1.22. The highest BCUT2D eigenvalue weighted by Crippen LogP contribution is 2.35. The number of morpholine rings is 1. The first-order valence-corrected chi connectivity index (χ1v) is 18.0. The second-order valence-corrected chi connectivity index (χ2v) is 13.6. The Bertz CT molecular complexity index is 1750. The lowest BCUT2D eigenvalue weighted by Crippen LogP contribution is -2.46. The maximum absolute atomic E-state index is 14.1. The van der Waals surface area contributed by atoms with Gasteiger partial charge in [-0.05, 0) is 97.5 Å². The van der Waals surface area contributed by atoms with Gasteiger partial charge >= 0.3 is 0 Å². The van der Waals surface area contributed by atoms with Crippen molar-refractivity contribution in [2.24, 2.45) is 5.92 Å². The van der Waals surface area contributed by atoms with E-state index < -0.39 is 5.82 Å². The molecule has 268 valence electrons. The molecule has 2 amide bonds. The average Bonchev–Trinajstić information content (AvgIpc) is 3.15. The van der Waals surface area contributed by atoms with Gasteiger partial charge in [0.2, 0.25) is 5.91 Å². The third-order valence-electron chi connectivity index (χ3n) is 9.68. The van der Waals surface area contributed by atoms with Crippen molar-refractivity contribution in [3.8, 4) is 11.5 Å². The highest BCUT2D eigenvalue weighted by Gasteiger charge is 2.33. The number of rotatable bonds is 13. The van der Waals surface area contributed by atoms with E-state index in [1.54, 1.807) is 18.1 Å². The van der Waals surface area contributed by atoms with Crippen molar-refractivity contribution in [1.82, 2.24) is 4.90 Å². The minimum atomic E-state index is -0.399. The summed E-state index contributed by atoms with van der Waals surface area (Å²) in [6.07, 6.45) is 3.55. The van der Waals surface area contributed by atoms with Crippen LogP contribution < -0.4 is 19.3 Å². The number of carbonyl (C=O) groups excluding carboxylic acids is 2. The number of anilines is 2. The van der Waals surface area contributed by atoms with Gasteiger partial charge in [0.15, 0.2) is 0 Å². The molecule has 0 spiro atoms. The number of carbonyl (C=O) groups is 2. The lowest BCUT2D eigenvalue weighted by Gasteiger charge is -2.39. The van der Waals surface area contributed by atoms with E-state index in [0.29, 0.717) is 41.6 Å². The quantitative estimate of drug-likeness (QED) is 0.142. The maximum Gasteiger partial charge on any atom is 0.258 e. The summed E-state index contributed by atoms with van der Waals surface area (Å²) in [7, 11) is 1.62. The summed E-state index contributed by atoms with van der Waals surface area (Å²) >= 11 is 6.44. The second-order valence-electron chi connectivity index (χ2n) is 13.2. The van der Waals surface area contributed by atoms with Crippen molar-refractivity contribution in [3.05, 3.63) is 119 Å². The zero-order chi connectivity index (χ0) is 35.6. The number of nitrogens with zero attached hydrogens (tertiary/aromatic N) is 3. The molecule has 2 aliphatic rings. The molecule has 0 aromatic heterocycles. The van der Waals surface area contributed by atoms with Crippen molar-refractivity contribution >= 4 is 34.8 Å². The van der Waals surface area contributed by atoms with Gasteiger partial charge in [-0.25, -0.2) is 4.39 Å². The minimum Gasteiger partial charge on any atom is -0.497 e. The molecular weight excluding hydrogens is 669 g/mol. The molecule has 1 heterocycles. The van der Waals surface area contributed by atoms with Gasteiger partial charge in [0, 0.05) is 60.2 Å². The number of methoxy groups -OCH3 is 1. The fraction of sp³-hybridized carbons (Fsp3) is 0.366. The van der Waals surface area contributed by atoms with Crippen LogP contribution in [0.25, 0.3) is 0 Å². The van der Waals surface area contributed by atoms with Gasteiger partial charge in [-0.3, -0.25) is 14.5 Å². The number of halogens is 2.